The zero-order chi connectivity index (χ0) is 15.7. The third-order valence-corrected chi connectivity index (χ3v) is 3.57. The summed E-state index contributed by atoms with van der Waals surface area (Å²) >= 11 is 0. The molecule has 0 saturated carbocycles. The number of ether oxygens (including phenoxy) is 1. The lowest BCUT2D eigenvalue weighted by Gasteiger charge is -2.17. The SMILES string of the molecule is C[C@H]1Oc2ccccc2[C@@H]1NC(=O)Nc1nccn(C)c1=O. The van der Waals surface area contributed by atoms with Crippen LogP contribution < -0.4 is 20.9 Å². The van der Waals surface area contributed by atoms with E-state index in [-0.39, 0.29) is 23.5 Å². The molecule has 2 atom stereocenters. The lowest BCUT2D eigenvalue weighted by atomic mass is 10.1. The van der Waals surface area contributed by atoms with Gasteiger partial charge in [-0.3, -0.25) is 10.1 Å². The Balaban J connectivity index is 1.75. The number of carbonyl (C=O) groups is 1. The van der Waals surface area contributed by atoms with E-state index in [2.05, 4.69) is 15.6 Å². The van der Waals surface area contributed by atoms with Crippen molar-refractivity contribution in [3.8, 4) is 5.75 Å². The topological polar surface area (TPSA) is 85.2 Å². The molecule has 22 heavy (non-hydrogen) atoms. The second kappa shape index (κ2) is 5.51. The Bertz CT molecular complexity index is 771. The van der Waals surface area contributed by atoms with E-state index in [4.69, 9.17) is 4.74 Å². The summed E-state index contributed by atoms with van der Waals surface area (Å²) in [7, 11) is 1.59. The zero-order valence-corrected chi connectivity index (χ0v) is 12.2. The molecule has 1 aliphatic heterocycles. The minimum absolute atomic E-state index is 0.0117. The van der Waals surface area contributed by atoms with E-state index >= 15 is 0 Å². The summed E-state index contributed by atoms with van der Waals surface area (Å²) in [6.45, 7) is 1.88. The highest BCUT2D eigenvalue weighted by atomic mass is 16.5. The van der Waals surface area contributed by atoms with Gasteiger partial charge < -0.3 is 14.6 Å². The maximum Gasteiger partial charge on any atom is 0.321 e. The number of nitrogens with one attached hydrogen (secondary N) is 2. The predicted octanol–water partition coefficient (Wildman–Crippen LogP) is 1.42. The number of rotatable bonds is 2. The van der Waals surface area contributed by atoms with Gasteiger partial charge in [-0.15, -0.1) is 0 Å². The molecule has 7 nitrogen and oxygen atoms in total. The Hall–Kier alpha value is -2.83. The number of amides is 2. The van der Waals surface area contributed by atoms with Crippen LogP contribution >= 0.6 is 0 Å². The Morgan fingerprint density at radius 2 is 2.14 bits per heavy atom. The Labute approximate surface area is 126 Å². The second-order valence-electron chi connectivity index (χ2n) is 5.13. The standard InChI is InChI=1S/C15H16N4O3/c1-9-12(10-5-3-4-6-11(10)22-9)17-15(21)18-13-14(20)19(2)8-7-16-13/h3-9,12H,1-2H3,(H2,16,17,18,21)/t9-,12-/m1/s1. The first kappa shape index (κ1) is 14.1. The first-order valence-corrected chi connectivity index (χ1v) is 6.91. The van der Waals surface area contributed by atoms with Crippen molar-refractivity contribution in [3.63, 3.8) is 0 Å². The van der Waals surface area contributed by atoms with Crippen LogP contribution in [0.25, 0.3) is 0 Å². The number of anilines is 1. The number of fused-ring (bicyclic) bond motifs is 1. The summed E-state index contributed by atoms with van der Waals surface area (Å²) in [4.78, 5) is 27.8. The highest BCUT2D eigenvalue weighted by Crippen LogP contribution is 2.35. The number of carbonyl (C=O) groups excluding carboxylic acids is 1. The molecule has 114 valence electrons. The average Bonchev–Trinajstić information content (AvgIpc) is 2.80. The zero-order valence-electron chi connectivity index (χ0n) is 12.2. The highest BCUT2D eigenvalue weighted by Gasteiger charge is 2.32. The quantitative estimate of drug-likeness (QED) is 0.878. The van der Waals surface area contributed by atoms with Gasteiger partial charge in [0.15, 0.2) is 0 Å². The lowest BCUT2D eigenvalue weighted by molar-refractivity contribution is 0.204. The third kappa shape index (κ3) is 2.52. The lowest BCUT2D eigenvalue weighted by Crippen LogP contribution is -2.38. The fourth-order valence-electron chi connectivity index (χ4n) is 2.43. The molecule has 2 heterocycles. The molecule has 1 aromatic heterocycles. The number of aryl methyl sites for hydroxylation is 1. The van der Waals surface area contributed by atoms with Crippen molar-refractivity contribution < 1.29 is 9.53 Å². The van der Waals surface area contributed by atoms with Crippen LogP contribution in [0.5, 0.6) is 5.75 Å². The molecule has 0 aliphatic carbocycles. The van der Waals surface area contributed by atoms with Crippen molar-refractivity contribution in [3.05, 3.63) is 52.6 Å². The number of benzene rings is 1. The largest absolute Gasteiger partial charge is 0.488 e. The molecule has 0 saturated heterocycles. The van der Waals surface area contributed by atoms with Crippen molar-refractivity contribution in [1.29, 1.82) is 0 Å². The number of urea groups is 1. The first-order chi connectivity index (χ1) is 10.6. The van der Waals surface area contributed by atoms with Crippen molar-refractivity contribution in [2.24, 2.45) is 7.05 Å². The fraction of sp³-hybridized carbons (Fsp3) is 0.267. The smallest absolute Gasteiger partial charge is 0.321 e. The number of nitrogens with zero attached hydrogens (tertiary/aromatic N) is 2. The molecular formula is C15H16N4O3. The van der Waals surface area contributed by atoms with Crippen LogP contribution in [0.3, 0.4) is 0 Å². The van der Waals surface area contributed by atoms with E-state index in [0.717, 1.165) is 11.3 Å². The van der Waals surface area contributed by atoms with Gasteiger partial charge in [0.05, 0.1) is 6.04 Å². The Kier molecular flexibility index (Phi) is 3.54. The minimum Gasteiger partial charge on any atom is -0.488 e. The first-order valence-electron chi connectivity index (χ1n) is 6.91. The molecule has 2 aromatic rings. The number of hydrogen-bond donors (Lipinski definition) is 2. The monoisotopic (exact) mass is 300 g/mol. The summed E-state index contributed by atoms with van der Waals surface area (Å²) < 4.78 is 7.04. The van der Waals surface area contributed by atoms with Gasteiger partial charge in [0.25, 0.3) is 5.56 Å². The van der Waals surface area contributed by atoms with Gasteiger partial charge in [0.1, 0.15) is 11.9 Å². The molecule has 0 unspecified atom stereocenters. The fourth-order valence-corrected chi connectivity index (χ4v) is 2.43. The molecular weight excluding hydrogens is 284 g/mol. The molecule has 0 spiro atoms. The molecule has 1 aromatic carbocycles. The summed E-state index contributed by atoms with van der Waals surface area (Å²) in [6.07, 6.45) is 2.79. The normalized spacial score (nSPS) is 19.2. The van der Waals surface area contributed by atoms with Crippen LogP contribution in [-0.4, -0.2) is 21.7 Å². The van der Waals surface area contributed by atoms with E-state index in [1.54, 1.807) is 7.05 Å². The third-order valence-electron chi connectivity index (χ3n) is 3.57. The maximum absolute atomic E-state index is 12.1. The summed E-state index contributed by atoms with van der Waals surface area (Å²) in [5, 5.41) is 5.30. The van der Waals surface area contributed by atoms with Crippen LogP contribution in [0.2, 0.25) is 0 Å². The highest BCUT2D eigenvalue weighted by molar-refractivity contribution is 5.88. The van der Waals surface area contributed by atoms with Crippen molar-refractivity contribution in [1.82, 2.24) is 14.9 Å². The van der Waals surface area contributed by atoms with Crippen LogP contribution in [0.15, 0.2) is 41.5 Å². The molecule has 2 N–H and O–H groups in total. The van der Waals surface area contributed by atoms with Crippen LogP contribution in [0.1, 0.15) is 18.5 Å². The van der Waals surface area contributed by atoms with Gasteiger partial charge in [0.2, 0.25) is 5.82 Å². The van der Waals surface area contributed by atoms with E-state index in [1.807, 2.05) is 31.2 Å². The summed E-state index contributed by atoms with van der Waals surface area (Å²) in [6, 6.07) is 6.77. The van der Waals surface area contributed by atoms with E-state index < -0.39 is 6.03 Å². The molecule has 2 amide bonds. The van der Waals surface area contributed by atoms with Crippen LogP contribution in [-0.2, 0) is 7.05 Å². The molecule has 3 rings (SSSR count). The van der Waals surface area contributed by atoms with Crippen molar-refractivity contribution in [2.45, 2.75) is 19.1 Å². The Morgan fingerprint density at radius 1 is 1.36 bits per heavy atom. The molecule has 7 heteroatoms. The van der Waals surface area contributed by atoms with Gasteiger partial charge >= 0.3 is 6.03 Å². The van der Waals surface area contributed by atoms with Crippen LogP contribution in [0.4, 0.5) is 10.6 Å². The van der Waals surface area contributed by atoms with Gasteiger partial charge in [-0.2, -0.15) is 0 Å². The van der Waals surface area contributed by atoms with E-state index in [9.17, 15) is 9.59 Å². The maximum atomic E-state index is 12.1. The minimum atomic E-state index is -0.493. The number of hydrogen-bond acceptors (Lipinski definition) is 4. The number of para-hydroxylation sites is 1. The van der Waals surface area contributed by atoms with E-state index in [0.29, 0.717) is 0 Å². The van der Waals surface area contributed by atoms with Crippen LogP contribution in [0, 0.1) is 0 Å². The molecule has 0 radical (unpaired) electrons. The van der Waals surface area contributed by atoms with Gasteiger partial charge in [-0.05, 0) is 13.0 Å². The summed E-state index contributed by atoms with van der Waals surface area (Å²) in [5.74, 6) is 0.747. The predicted molar refractivity (Wildman–Crippen MR) is 80.9 cm³/mol. The van der Waals surface area contributed by atoms with E-state index in [1.165, 1.54) is 17.0 Å². The molecule has 0 fully saturated rings. The molecule has 1 aliphatic rings. The van der Waals surface area contributed by atoms with Gasteiger partial charge in [0, 0.05) is 25.0 Å². The Morgan fingerprint density at radius 3 is 2.95 bits per heavy atom. The second-order valence-corrected chi connectivity index (χ2v) is 5.13. The van der Waals surface area contributed by atoms with Gasteiger partial charge in [-0.25, -0.2) is 9.78 Å². The summed E-state index contributed by atoms with van der Waals surface area (Å²) in [5.41, 5.74) is 0.549. The number of aromatic nitrogens is 2. The van der Waals surface area contributed by atoms with Crippen molar-refractivity contribution >= 4 is 11.8 Å². The average molecular weight is 300 g/mol. The van der Waals surface area contributed by atoms with Crippen molar-refractivity contribution in [2.75, 3.05) is 5.32 Å². The van der Waals surface area contributed by atoms with Gasteiger partial charge in [-0.1, -0.05) is 18.2 Å². The molecule has 0 bridgehead atoms.